The Hall–Kier alpha value is -3.23. The largest absolute Gasteiger partial charge is 0.504 e. The van der Waals surface area contributed by atoms with Gasteiger partial charge in [0, 0.05) is 25.2 Å². The SMILES string of the molecule is CCCCOc1cc(C#N)c(F)cc1O.N#Cc1cc(C(F)(F)F)ccc1S(=O)N1CCC(O)(CO)C1. The van der Waals surface area contributed by atoms with Gasteiger partial charge in [0.1, 0.15) is 34.5 Å². The van der Waals surface area contributed by atoms with Crippen molar-refractivity contribution in [1.29, 1.82) is 10.5 Å². The zero-order chi connectivity index (χ0) is 27.8. The van der Waals surface area contributed by atoms with Gasteiger partial charge in [0.05, 0.1) is 34.8 Å². The molecular formula is C24H25F4N3O5S. The van der Waals surface area contributed by atoms with E-state index in [0.29, 0.717) is 12.7 Å². The highest BCUT2D eigenvalue weighted by Crippen LogP contribution is 2.33. The highest BCUT2D eigenvalue weighted by Gasteiger charge is 2.39. The summed E-state index contributed by atoms with van der Waals surface area (Å²) in [5.41, 5.74) is -2.82. The number of benzene rings is 2. The zero-order valence-corrected chi connectivity index (χ0v) is 20.6. The monoisotopic (exact) mass is 543 g/mol. The topological polar surface area (TPSA) is 138 Å². The summed E-state index contributed by atoms with van der Waals surface area (Å²) in [6.45, 7) is 2.07. The lowest BCUT2D eigenvalue weighted by molar-refractivity contribution is -0.137. The fourth-order valence-corrected chi connectivity index (χ4v) is 4.62. The third kappa shape index (κ3) is 7.87. The summed E-state index contributed by atoms with van der Waals surface area (Å²) >= 11 is 0. The fraction of sp³-hybridized carbons (Fsp3) is 0.417. The Kier molecular flexibility index (Phi) is 10.4. The summed E-state index contributed by atoms with van der Waals surface area (Å²) in [4.78, 5) is -0.0438. The second-order valence-electron chi connectivity index (χ2n) is 8.18. The number of phenols is 1. The molecule has 2 unspecified atom stereocenters. The standard InChI is InChI=1S/C13H13F3N2O3S.C11H12FNO2/c14-13(15,16)10-1-2-11(9(5-10)6-17)22(21)18-4-3-12(20,7-18)8-19;1-2-3-4-15-11-5-8(7-13)9(12)6-10(11)14/h1-2,5,19-20H,3-4,7-8H2;5-6,14H,2-4H2,1H3. The van der Waals surface area contributed by atoms with E-state index in [1.54, 1.807) is 12.1 Å². The number of aromatic hydroxyl groups is 1. The number of aliphatic hydroxyl groups is 2. The van der Waals surface area contributed by atoms with Crippen molar-refractivity contribution in [1.82, 2.24) is 4.31 Å². The van der Waals surface area contributed by atoms with E-state index in [1.165, 1.54) is 10.4 Å². The minimum Gasteiger partial charge on any atom is -0.504 e. The first kappa shape index (κ1) is 30.0. The summed E-state index contributed by atoms with van der Waals surface area (Å²) in [7, 11) is -1.88. The molecule has 8 nitrogen and oxygen atoms in total. The van der Waals surface area contributed by atoms with Crippen LogP contribution in [-0.2, 0) is 17.2 Å². The smallest absolute Gasteiger partial charge is 0.416 e. The molecule has 200 valence electrons. The third-order valence-corrected chi connectivity index (χ3v) is 6.88. The third-order valence-electron chi connectivity index (χ3n) is 5.37. The van der Waals surface area contributed by atoms with E-state index in [1.807, 2.05) is 6.92 Å². The molecule has 2 aromatic carbocycles. The Bertz CT molecular complexity index is 1210. The van der Waals surface area contributed by atoms with Crippen LogP contribution in [0.4, 0.5) is 17.6 Å². The van der Waals surface area contributed by atoms with Crippen LogP contribution in [-0.4, -0.2) is 55.7 Å². The molecule has 0 saturated carbocycles. The normalized spacial score (nSPS) is 18.3. The quantitative estimate of drug-likeness (QED) is 0.358. The van der Waals surface area contributed by atoms with E-state index in [-0.39, 0.29) is 47.0 Å². The molecule has 1 heterocycles. The summed E-state index contributed by atoms with van der Waals surface area (Å²) in [5, 5.41) is 45.9. The van der Waals surface area contributed by atoms with E-state index >= 15 is 0 Å². The van der Waals surface area contributed by atoms with Gasteiger partial charge in [-0.2, -0.15) is 23.7 Å². The molecule has 2 aromatic rings. The number of nitrogens with zero attached hydrogens (tertiary/aromatic N) is 3. The number of hydrogen-bond acceptors (Lipinski definition) is 7. The Morgan fingerprint density at radius 2 is 1.86 bits per heavy atom. The van der Waals surface area contributed by atoms with Crippen molar-refractivity contribution in [3.8, 4) is 23.6 Å². The number of nitriles is 2. The molecule has 0 aliphatic carbocycles. The maximum absolute atomic E-state index is 13.0. The number of halogens is 4. The highest BCUT2D eigenvalue weighted by atomic mass is 32.2. The van der Waals surface area contributed by atoms with Crippen molar-refractivity contribution in [2.24, 2.45) is 0 Å². The van der Waals surface area contributed by atoms with Crippen LogP contribution < -0.4 is 4.74 Å². The molecule has 0 radical (unpaired) electrons. The number of β-amino-alcohol motifs (C(OH)–C–C–N with tert-alkyl or cyclic N) is 1. The molecular weight excluding hydrogens is 518 g/mol. The molecule has 0 aromatic heterocycles. The van der Waals surface area contributed by atoms with Crippen molar-refractivity contribution in [3.05, 3.63) is 52.8 Å². The Morgan fingerprint density at radius 1 is 1.19 bits per heavy atom. The maximum Gasteiger partial charge on any atom is 0.416 e. The minimum atomic E-state index is -4.59. The average molecular weight is 544 g/mol. The molecule has 2 atom stereocenters. The Labute approximate surface area is 213 Å². The first-order valence-electron chi connectivity index (χ1n) is 11.1. The minimum absolute atomic E-state index is 0.0438. The van der Waals surface area contributed by atoms with Crippen LogP contribution in [0.2, 0.25) is 0 Å². The molecule has 37 heavy (non-hydrogen) atoms. The molecule has 0 amide bonds. The second kappa shape index (κ2) is 12.8. The molecule has 3 rings (SSSR count). The summed E-state index contributed by atoms with van der Waals surface area (Å²) in [5.74, 6) is -0.859. The lowest BCUT2D eigenvalue weighted by Crippen LogP contribution is -2.37. The Morgan fingerprint density at radius 3 is 2.41 bits per heavy atom. The number of aliphatic hydroxyl groups excluding tert-OH is 1. The number of alkyl halides is 3. The van der Waals surface area contributed by atoms with Crippen LogP contribution in [0.3, 0.4) is 0 Å². The van der Waals surface area contributed by atoms with Crippen LogP contribution >= 0.6 is 0 Å². The van der Waals surface area contributed by atoms with Crippen LogP contribution in [0.1, 0.15) is 42.9 Å². The van der Waals surface area contributed by atoms with Gasteiger partial charge in [0.25, 0.3) is 0 Å². The number of unbranched alkanes of at least 4 members (excludes halogenated alkanes) is 1. The van der Waals surface area contributed by atoms with Gasteiger partial charge >= 0.3 is 6.18 Å². The second-order valence-corrected chi connectivity index (χ2v) is 9.63. The predicted molar refractivity (Wildman–Crippen MR) is 124 cm³/mol. The van der Waals surface area contributed by atoms with E-state index < -0.39 is 40.8 Å². The van der Waals surface area contributed by atoms with Crippen LogP contribution in [0.5, 0.6) is 11.5 Å². The van der Waals surface area contributed by atoms with Gasteiger partial charge < -0.3 is 20.1 Å². The van der Waals surface area contributed by atoms with Gasteiger partial charge in [-0.15, -0.1) is 0 Å². The molecule has 1 aliphatic rings. The molecule has 1 aliphatic heterocycles. The lowest BCUT2D eigenvalue weighted by Gasteiger charge is -2.20. The van der Waals surface area contributed by atoms with Crippen molar-refractivity contribution >= 4 is 11.0 Å². The molecule has 3 N–H and O–H groups in total. The number of hydrogen-bond donors (Lipinski definition) is 3. The van der Waals surface area contributed by atoms with E-state index in [0.717, 1.165) is 31.0 Å². The number of rotatable bonds is 7. The zero-order valence-electron chi connectivity index (χ0n) is 19.8. The van der Waals surface area contributed by atoms with Crippen molar-refractivity contribution in [2.45, 2.75) is 42.9 Å². The summed E-state index contributed by atoms with van der Waals surface area (Å²) < 4.78 is 69.8. The molecule has 1 saturated heterocycles. The van der Waals surface area contributed by atoms with E-state index in [2.05, 4.69) is 0 Å². The van der Waals surface area contributed by atoms with Crippen LogP contribution in [0.15, 0.2) is 35.2 Å². The first-order chi connectivity index (χ1) is 17.4. The van der Waals surface area contributed by atoms with E-state index in [4.69, 9.17) is 20.4 Å². The molecule has 0 bridgehead atoms. The fourth-order valence-electron chi connectivity index (χ4n) is 3.25. The maximum atomic E-state index is 13.0. The Balaban J connectivity index is 0.000000281. The first-order valence-corrected chi connectivity index (χ1v) is 12.2. The summed E-state index contributed by atoms with van der Waals surface area (Å²) in [6.07, 6.45) is -2.58. The lowest BCUT2D eigenvalue weighted by atomic mass is 10.1. The van der Waals surface area contributed by atoms with Gasteiger partial charge in [0.15, 0.2) is 11.5 Å². The molecule has 13 heteroatoms. The molecule has 0 spiro atoms. The van der Waals surface area contributed by atoms with Gasteiger partial charge in [-0.05, 0) is 31.0 Å². The average Bonchev–Trinajstić information content (AvgIpc) is 3.27. The van der Waals surface area contributed by atoms with Gasteiger partial charge in [-0.1, -0.05) is 13.3 Å². The van der Waals surface area contributed by atoms with Crippen LogP contribution in [0.25, 0.3) is 0 Å². The number of phenolic OH excluding ortho intramolecular Hbond substituents is 1. The predicted octanol–water partition coefficient (Wildman–Crippen LogP) is 3.61. The molecule has 1 fully saturated rings. The highest BCUT2D eigenvalue weighted by molar-refractivity contribution is 7.82. The number of ether oxygens (including phenoxy) is 1. The summed E-state index contributed by atoms with van der Waals surface area (Å²) in [6, 6.07) is 7.83. The van der Waals surface area contributed by atoms with Crippen molar-refractivity contribution in [3.63, 3.8) is 0 Å². The van der Waals surface area contributed by atoms with Gasteiger partial charge in [-0.3, -0.25) is 0 Å². The van der Waals surface area contributed by atoms with Gasteiger partial charge in [0.2, 0.25) is 0 Å². The van der Waals surface area contributed by atoms with Gasteiger partial charge in [-0.25, -0.2) is 12.9 Å². The van der Waals surface area contributed by atoms with Crippen LogP contribution in [0, 0.1) is 28.5 Å². The van der Waals surface area contributed by atoms with Crippen molar-refractivity contribution in [2.75, 3.05) is 26.3 Å². The van der Waals surface area contributed by atoms with E-state index in [9.17, 15) is 32.0 Å². The van der Waals surface area contributed by atoms with Crippen molar-refractivity contribution < 1.29 is 41.8 Å².